The smallest absolute Gasteiger partial charge is 0.316 e. The van der Waals surface area contributed by atoms with Gasteiger partial charge in [0.25, 0.3) is 0 Å². The van der Waals surface area contributed by atoms with E-state index >= 15 is 0 Å². The minimum atomic E-state index is -0.595. The van der Waals surface area contributed by atoms with Crippen LogP contribution in [0.2, 0.25) is 0 Å². The second-order valence-corrected chi connectivity index (χ2v) is 2.95. The number of amides is 2. The summed E-state index contributed by atoms with van der Waals surface area (Å²) in [5.74, 6) is 0.732. The van der Waals surface area contributed by atoms with Gasteiger partial charge in [-0.2, -0.15) is 0 Å². The molecule has 1 rings (SSSR count). The third-order valence-corrected chi connectivity index (χ3v) is 1.85. The number of primary amides is 1. The molecule has 5 nitrogen and oxygen atoms in total. The Hall–Kier alpha value is -1.75. The number of nitrogens with two attached hydrogens (primary N) is 2. The molecule has 0 saturated carbocycles. The summed E-state index contributed by atoms with van der Waals surface area (Å²) in [5, 5.41) is 2.48. The van der Waals surface area contributed by atoms with Crippen molar-refractivity contribution >= 4 is 11.7 Å². The Morgan fingerprint density at radius 1 is 1.53 bits per heavy atom. The van der Waals surface area contributed by atoms with Crippen molar-refractivity contribution in [2.45, 2.75) is 13.5 Å². The molecule has 5 N–H and O–H groups in total. The maximum Gasteiger partial charge on any atom is 0.316 e. The second-order valence-electron chi connectivity index (χ2n) is 2.95. The fourth-order valence-electron chi connectivity index (χ4n) is 1.26. The molecule has 0 aliphatic rings. The molecule has 0 spiro atoms. The normalized spacial score (nSPS) is 9.73. The zero-order valence-electron chi connectivity index (χ0n) is 8.62. The number of carbonyl (C=O) groups is 1. The third kappa shape index (κ3) is 3.14. The maximum atomic E-state index is 10.6. The van der Waals surface area contributed by atoms with Crippen molar-refractivity contribution in [3.8, 4) is 5.75 Å². The SMILES string of the molecule is CCOc1ccc(NC(N)=O)cc1CN. The largest absolute Gasteiger partial charge is 0.494 e. The van der Waals surface area contributed by atoms with E-state index in [0.29, 0.717) is 18.8 Å². The highest BCUT2D eigenvalue weighted by Crippen LogP contribution is 2.22. The molecular formula is C10H15N3O2. The molecule has 5 heteroatoms. The third-order valence-electron chi connectivity index (χ3n) is 1.85. The van der Waals surface area contributed by atoms with Crippen LogP contribution >= 0.6 is 0 Å². The van der Waals surface area contributed by atoms with Gasteiger partial charge in [0.15, 0.2) is 0 Å². The average molecular weight is 209 g/mol. The molecule has 0 radical (unpaired) electrons. The second kappa shape index (κ2) is 5.21. The number of carbonyl (C=O) groups excluding carboxylic acids is 1. The monoisotopic (exact) mass is 209 g/mol. The lowest BCUT2D eigenvalue weighted by atomic mass is 10.2. The Labute approximate surface area is 88.4 Å². The summed E-state index contributed by atoms with van der Waals surface area (Å²) in [4.78, 5) is 10.6. The Balaban J connectivity index is 2.91. The van der Waals surface area contributed by atoms with Gasteiger partial charge in [-0.3, -0.25) is 0 Å². The number of ether oxygens (including phenoxy) is 1. The molecule has 82 valence electrons. The number of urea groups is 1. The van der Waals surface area contributed by atoms with Crippen LogP contribution in [0, 0.1) is 0 Å². The summed E-state index contributed by atoms with van der Waals surface area (Å²) in [6, 6.07) is 4.63. The first kappa shape index (κ1) is 11.3. The Kier molecular flexibility index (Phi) is 3.93. The van der Waals surface area contributed by atoms with E-state index in [1.807, 2.05) is 6.92 Å². The number of hydrogen-bond donors (Lipinski definition) is 3. The van der Waals surface area contributed by atoms with Crippen LogP contribution in [0.1, 0.15) is 12.5 Å². The summed E-state index contributed by atoms with van der Waals surface area (Å²) in [5.41, 5.74) is 12.0. The van der Waals surface area contributed by atoms with Gasteiger partial charge in [0.05, 0.1) is 6.61 Å². The highest BCUT2D eigenvalue weighted by atomic mass is 16.5. The summed E-state index contributed by atoms with van der Waals surface area (Å²) >= 11 is 0. The number of rotatable bonds is 4. The molecule has 0 aliphatic heterocycles. The number of anilines is 1. The van der Waals surface area contributed by atoms with Crippen LogP contribution in [0.15, 0.2) is 18.2 Å². The molecular weight excluding hydrogens is 194 g/mol. The first-order chi connectivity index (χ1) is 7.17. The van der Waals surface area contributed by atoms with Gasteiger partial charge in [0, 0.05) is 17.8 Å². The van der Waals surface area contributed by atoms with Gasteiger partial charge in [-0.25, -0.2) is 4.79 Å². The van der Waals surface area contributed by atoms with Crippen molar-refractivity contribution in [2.24, 2.45) is 11.5 Å². The maximum absolute atomic E-state index is 10.6. The first-order valence-corrected chi connectivity index (χ1v) is 4.69. The molecule has 1 aromatic carbocycles. The topological polar surface area (TPSA) is 90.4 Å². The van der Waals surface area contributed by atoms with Crippen LogP contribution in [0.4, 0.5) is 10.5 Å². The fourth-order valence-corrected chi connectivity index (χ4v) is 1.26. The molecule has 1 aromatic rings. The van der Waals surface area contributed by atoms with Crippen LogP contribution < -0.4 is 21.5 Å². The molecule has 0 fully saturated rings. The van der Waals surface area contributed by atoms with Crippen LogP contribution in [0.5, 0.6) is 5.75 Å². The van der Waals surface area contributed by atoms with E-state index < -0.39 is 6.03 Å². The lowest BCUT2D eigenvalue weighted by Crippen LogP contribution is -2.19. The highest BCUT2D eigenvalue weighted by Gasteiger charge is 2.04. The predicted octanol–water partition coefficient (Wildman–Crippen LogP) is 1.03. The molecule has 0 saturated heterocycles. The zero-order valence-corrected chi connectivity index (χ0v) is 8.62. The van der Waals surface area contributed by atoms with E-state index in [4.69, 9.17) is 16.2 Å². The zero-order chi connectivity index (χ0) is 11.3. The number of nitrogens with one attached hydrogen (secondary N) is 1. The number of benzene rings is 1. The summed E-state index contributed by atoms with van der Waals surface area (Å²) in [7, 11) is 0. The van der Waals surface area contributed by atoms with E-state index in [1.165, 1.54) is 0 Å². The van der Waals surface area contributed by atoms with Crippen LogP contribution in [0.3, 0.4) is 0 Å². The van der Waals surface area contributed by atoms with E-state index in [0.717, 1.165) is 11.3 Å². The van der Waals surface area contributed by atoms with Gasteiger partial charge in [0.2, 0.25) is 0 Å². The standard InChI is InChI=1S/C10H15N3O2/c1-2-15-9-4-3-8(13-10(12)14)5-7(9)6-11/h3-5H,2,6,11H2,1H3,(H3,12,13,14). The first-order valence-electron chi connectivity index (χ1n) is 4.69. The van der Waals surface area contributed by atoms with Crippen molar-refractivity contribution in [2.75, 3.05) is 11.9 Å². The Morgan fingerprint density at radius 3 is 2.80 bits per heavy atom. The molecule has 0 aliphatic carbocycles. The summed E-state index contributed by atoms with van der Waals surface area (Å²) in [6.45, 7) is 2.83. The molecule has 0 bridgehead atoms. The van der Waals surface area contributed by atoms with Crippen molar-refractivity contribution in [1.82, 2.24) is 0 Å². The van der Waals surface area contributed by atoms with Crippen molar-refractivity contribution in [3.63, 3.8) is 0 Å². The molecule has 2 amide bonds. The molecule has 0 atom stereocenters. The lowest BCUT2D eigenvalue weighted by molar-refractivity contribution is 0.259. The van der Waals surface area contributed by atoms with Gasteiger partial charge < -0.3 is 21.5 Å². The quantitative estimate of drug-likeness (QED) is 0.691. The average Bonchev–Trinajstić information content (AvgIpc) is 2.20. The van der Waals surface area contributed by atoms with E-state index in [9.17, 15) is 4.79 Å². The van der Waals surface area contributed by atoms with Crippen molar-refractivity contribution < 1.29 is 9.53 Å². The highest BCUT2D eigenvalue weighted by molar-refractivity contribution is 5.88. The van der Waals surface area contributed by atoms with Gasteiger partial charge in [0.1, 0.15) is 5.75 Å². The van der Waals surface area contributed by atoms with Gasteiger partial charge in [-0.1, -0.05) is 0 Å². The summed E-state index contributed by atoms with van der Waals surface area (Å²) in [6.07, 6.45) is 0. The molecule has 0 unspecified atom stereocenters. The van der Waals surface area contributed by atoms with Crippen molar-refractivity contribution in [1.29, 1.82) is 0 Å². The van der Waals surface area contributed by atoms with Gasteiger partial charge in [-0.15, -0.1) is 0 Å². The molecule has 15 heavy (non-hydrogen) atoms. The summed E-state index contributed by atoms with van der Waals surface area (Å²) < 4.78 is 5.36. The van der Waals surface area contributed by atoms with E-state index in [-0.39, 0.29) is 0 Å². The minimum absolute atomic E-state index is 0.351. The Morgan fingerprint density at radius 2 is 2.27 bits per heavy atom. The lowest BCUT2D eigenvalue weighted by Gasteiger charge is -2.10. The van der Waals surface area contributed by atoms with Gasteiger partial charge in [-0.05, 0) is 25.1 Å². The van der Waals surface area contributed by atoms with Crippen LogP contribution in [-0.2, 0) is 6.54 Å². The fraction of sp³-hybridized carbons (Fsp3) is 0.300. The van der Waals surface area contributed by atoms with Crippen LogP contribution in [-0.4, -0.2) is 12.6 Å². The molecule has 0 aromatic heterocycles. The number of hydrogen-bond acceptors (Lipinski definition) is 3. The molecule has 0 heterocycles. The van der Waals surface area contributed by atoms with E-state index in [1.54, 1.807) is 18.2 Å². The minimum Gasteiger partial charge on any atom is -0.494 e. The van der Waals surface area contributed by atoms with Gasteiger partial charge >= 0.3 is 6.03 Å². The Bertz CT molecular complexity index is 353. The predicted molar refractivity (Wildman–Crippen MR) is 58.7 cm³/mol. The van der Waals surface area contributed by atoms with Crippen molar-refractivity contribution in [3.05, 3.63) is 23.8 Å². The van der Waals surface area contributed by atoms with E-state index in [2.05, 4.69) is 5.32 Å². The van der Waals surface area contributed by atoms with Crippen LogP contribution in [0.25, 0.3) is 0 Å².